The molecule has 4 amide bonds. The molecular weight excluding hydrogens is 580 g/mol. The normalized spacial score (nSPS) is 16.9. The first-order chi connectivity index (χ1) is 21.0. The number of hydrogen-bond acceptors (Lipinski definition) is 7. The highest BCUT2D eigenvalue weighted by atomic mass is 32.2. The fourth-order valence-corrected chi connectivity index (χ4v) is 6.32. The summed E-state index contributed by atoms with van der Waals surface area (Å²) in [5.74, 6) is 0.216. The van der Waals surface area contributed by atoms with Crippen molar-refractivity contribution < 1.29 is 29.0 Å². The van der Waals surface area contributed by atoms with Gasteiger partial charge in [0, 0.05) is 17.4 Å². The molecule has 1 fully saturated rings. The lowest BCUT2D eigenvalue weighted by Gasteiger charge is -2.33. The number of aliphatic hydroxyl groups excluding tert-OH is 1. The molecule has 4 N–H and O–H groups in total. The summed E-state index contributed by atoms with van der Waals surface area (Å²) in [7, 11) is 3.00. The molecule has 0 radical (unpaired) electrons. The number of urea groups is 1. The number of hydrogen-bond donors (Lipinski definition) is 4. The van der Waals surface area contributed by atoms with Gasteiger partial charge in [0.05, 0.1) is 31.8 Å². The van der Waals surface area contributed by atoms with Crippen LogP contribution in [0.5, 0.6) is 11.5 Å². The summed E-state index contributed by atoms with van der Waals surface area (Å²) >= 11 is 1.46. The number of methoxy groups -OCH3 is 2. The third-order valence-electron chi connectivity index (χ3n) is 7.70. The number of aryl methyl sites for hydroxylation is 1. The Morgan fingerprint density at radius 3 is 2.41 bits per heavy atom. The van der Waals surface area contributed by atoms with Gasteiger partial charge in [0.15, 0.2) is 6.10 Å². The SMILES string of the molecule is COc1ccc(NC(=O)N[C@@H](Cc2ccccc2)[C@H](O)C(=O)N2CSC(C)(C)[C@H]2C(=O)NCc2ccccc2C)c(OC)c1. The van der Waals surface area contributed by atoms with Crippen LogP contribution in [0, 0.1) is 6.92 Å². The van der Waals surface area contributed by atoms with Crippen LogP contribution in [-0.4, -0.2) is 70.9 Å². The molecule has 0 spiro atoms. The quantitative estimate of drug-likeness (QED) is 0.254. The highest BCUT2D eigenvalue weighted by Crippen LogP contribution is 2.40. The summed E-state index contributed by atoms with van der Waals surface area (Å²) < 4.78 is 10.00. The maximum absolute atomic E-state index is 13.9. The summed E-state index contributed by atoms with van der Waals surface area (Å²) in [5.41, 5.74) is 3.23. The Labute approximate surface area is 262 Å². The Balaban J connectivity index is 1.52. The lowest BCUT2D eigenvalue weighted by Crippen LogP contribution is -2.59. The summed E-state index contributed by atoms with van der Waals surface area (Å²) in [4.78, 5) is 42.0. The van der Waals surface area contributed by atoms with E-state index >= 15 is 0 Å². The molecule has 1 saturated heterocycles. The van der Waals surface area contributed by atoms with Crippen LogP contribution in [-0.2, 0) is 22.6 Å². The van der Waals surface area contributed by atoms with Crippen LogP contribution in [0.25, 0.3) is 0 Å². The van der Waals surface area contributed by atoms with Gasteiger partial charge in [-0.15, -0.1) is 11.8 Å². The van der Waals surface area contributed by atoms with E-state index in [1.807, 2.05) is 75.4 Å². The van der Waals surface area contributed by atoms with Crippen LogP contribution in [0.1, 0.15) is 30.5 Å². The first-order valence-corrected chi connectivity index (χ1v) is 15.3. The van der Waals surface area contributed by atoms with E-state index in [1.54, 1.807) is 18.2 Å². The second-order valence-corrected chi connectivity index (χ2v) is 12.7. The second-order valence-electron chi connectivity index (χ2n) is 11.1. The van der Waals surface area contributed by atoms with Crippen LogP contribution in [0.2, 0.25) is 0 Å². The van der Waals surface area contributed by atoms with Gasteiger partial charge in [0.2, 0.25) is 5.91 Å². The summed E-state index contributed by atoms with van der Waals surface area (Å²) in [5, 5.41) is 20.0. The van der Waals surface area contributed by atoms with E-state index in [-0.39, 0.29) is 18.2 Å². The van der Waals surface area contributed by atoms with Crippen molar-refractivity contribution in [3.05, 3.63) is 89.5 Å². The number of carbonyl (C=O) groups excluding carboxylic acids is 3. The first-order valence-electron chi connectivity index (χ1n) is 14.3. The van der Waals surface area contributed by atoms with E-state index in [4.69, 9.17) is 9.47 Å². The van der Waals surface area contributed by atoms with Crippen LogP contribution in [0.3, 0.4) is 0 Å². The molecule has 10 nitrogen and oxygen atoms in total. The minimum atomic E-state index is -1.63. The number of benzene rings is 3. The van der Waals surface area contributed by atoms with Crippen molar-refractivity contribution in [2.24, 2.45) is 0 Å². The molecule has 0 saturated carbocycles. The molecule has 0 aliphatic carbocycles. The molecular formula is C33H40N4O6S. The minimum absolute atomic E-state index is 0.176. The second kappa shape index (κ2) is 14.5. The van der Waals surface area contributed by atoms with Crippen LogP contribution >= 0.6 is 11.8 Å². The number of ether oxygens (including phenoxy) is 2. The Kier molecular flexibility index (Phi) is 10.8. The van der Waals surface area contributed by atoms with E-state index in [1.165, 1.54) is 30.9 Å². The van der Waals surface area contributed by atoms with Crippen molar-refractivity contribution in [2.45, 2.75) is 56.7 Å². The van der Waals surface area contributed by atoms with Crippen LogP contribution in [0.15, 0.2) is 72.8 Å². The zero-order valence-corrected chi connectivity index (χ0v) is 26.4. The standard InChI is InChI=1S/C33H40N4O6S/c1-21-11-9-10-14-23(21)19-34-30(39)29-33(2,3)44-20-37(29)31(40)28(38)26(17-22-12-7-6-8-13-22)36-32(41)35-25-16-15-24(42-4)18-27(25)43-5/h6-16,18,26,28-29,38H,17,19-20H2,1-5H3,(H,34,39)(H2,35,36,41)/t26-,28-,29+/m0/s1. The van der Waals surface area contributed by atoms with E-state index < -0.39 is 34.9 Å². The van der Waals surface area contributed by atoms with Gasteiger partial charge in [-0.05, 0) is 56.0 Å². The molecule has 11 heteroatoms. The fraction of sp³-hybridized carbons (Fsp3) is 0.364. The van der Waals surface area contributed by atoms with Crippen molar-refractivity contribution >= 4 is 35.3 Å². The highest BCUT2D eigenvalue weighted by molar-refractivity contribution is 8.00. The molecule has 234 valence electrons. The smallest absolute Gasteiger partial charge is 0.319 e. The summed E-state index contributed by atoms with van der Waals surface area (Å²) in [6, 6.07) is 19.5. The molecule has 1 aliphatic rings. The third kappa shape index (κ3) is 7.83. The predicted molar refractivity (Wildman–Crippen MR) is 172 cm³/mol. The largest absolute Gasteiger partial charge is 0.497 e. The Bertz CT molecular complexity index is 1470. The summed E-state index contributed by atoms with van der Waals surface area (Å²) in [6.45, 7) is 6.11. The number of thioether (sulfide) groups is 1. The van der Waals surface area contributed by atoms with E-state index in [9.17, 15) is 19.5 Å². The lowest BCUT2D eigenvalue weighted by atomic mass is 9.97. The van der Waals surface area contributed by atoms with Crippen molar-refractivity contribution in [3.63, 3.8) is 0 Å². The molecule has 0 bridgehead atoms. The number of nitrogens with one attached hydrogen (secondary N) is 3. The molecule has 0 aromatic heterocycles. The maximum Gasteiger partial charge on any atom is 0.319 e. The lowest BCUT2D eigenvalue weighted by molar-refractivity contribution is -0.147. The Morgan fingerprint density at radius 1 is 1.02 bits per heavy atom. The molecule has 4 rings (SSSR count). The zero-order valence-electron chi connectivity index (χ0n) is 25.6. The van der Waals surface area contributed by atoms with Crippen molar-refractivity contribution in [3.8, 4) is 11.5 Å². The summed E-state index contributed by atoms with van der Waals surface area (Å²) in [6.07, 6.45) is -1.45. The Hall–Kier alpha value is -4.22. The highest BCUT2D eigenvalue weighted by Gasteiger charge is 2.49. The average Bonchev–Trinajstić information content (AvgIpc) is 3.34. The van der Waals surface area contributed by atoms with Crippen molar-refractivity contribution in [1.29, 1.82) is 0 Å². The molecule has 3 aromatic rings. The van der Waals surface area contributed by atoms with Crippen molar-refractivity contribution in [2.75, 3.05) is 25.4 Å². The maximum atomic E-state index is 13.9. The molecule has 3 atom stereocenters. The van der Waals surface area contributed by atoms with Gasteiger partial charge in [-0.3, -0.25) is 9.59 Å². The van der Waals surface area contributed by atoms with Gasteiger partial charge >= 0.3 is 6.03 Å². The third-order valence-corrected chi connectivity index (χ3v) is 9.07. The van der Waals surface area contributed by atoms with E-state index in [0.717, 1.165) is 16.7 Å². The van der Waals surface area contributed by atoms with Gasteiger partial charge < -0.3 is 35.4 Å². The number of anilines is 1. The Morgan fingerprint density at radius 2 is 1.73 bits per heavy atom. The molecule has 3 aromatic carbocycles. The predicted octanol–water partition coefficient (Wildman–Crippen LogP) is 4.10. The van der Waals surface area contributed by atoms with Gasteiger partial charge in [0.25, 0.3) is 5.91 Å². The first kappa shape index (κ1) is 32.7. The van der Waals surface area contributed by atoms with Gasteiger partial charge in [0.1, 0.15) is 17.5 Å². The molecule has 0 unspecified atom stereocenters. The number of amides is 4. The van der Waals surface area contributed by atoms with Gasteiger partial charge in [-0.2, -0.15) is 0 Å². The molecule has 1 heterocycles. The topological polar surface area (TPSA) is 129 Å². The van der Waals surface area contributed by atoms with Crippen LogP contribution < -0.4 is 25.4 Å². The molecule has 44 heavy (non-hydrogen) atoms. The average molecular weight is 621 g/mol. The monoisotopic (exact) mass is 620 g/mol. The number of nitrogens with zero attached hydrogens (tertiary/aromatic N) is 1. The fourth-order valence-electron chi connectivity index (χ4n) is 5.18. The van der Waals surface area contributed by atoms with Gasteiger partial charge in [-0.1, -0.05) is 54.6 Å². The molecule has 1 aliphatic heterocycles. The van der Waals surface area contributed by atoms with Gasteiger partial charge in [-0.25, -0.2) is 4.79 Å². The van der Waals surface area contributed by atoms with E-state index in [2.05, 4.69) is 16.0 Å². The van der Waals surface area contributed by atoms with Crippen LogP contribution in [0.4, 0.5) is 10.5 Å². The number of rotatable bonds is 11. The zero-order chi connectivity index (χ0) is 31.9. The van der Waals surface area contributed by atoms with Crippen molar-refractivity contribution in [1.82, 2.24) is 15.5 Å². The number of aliphatic hydroxyl groups is 1. The van der Waals surface area contributed by atoms with E-state index in [0.29, 0.717) is 23.7 Å². The minimum Gasteiger partial charge on any atom is -0.497 e. The number of carbonyl (C=O) groups is 3.